The van der Waals surface area contributed by atoms with Crippen LogP contribution in [0.25, 0.3) is 11.1 Å². The van der Waals surface area contributed by atoms with Gasteiger partial charge in [-0.15, -0.1) is 0 Å². The number of nitro groups is 1. The molecule has 6 heteroatoms. The lowest BCUT2D eigenvalue weighted by Gasteiger charge is -2.13. The van der Waals surface area contributed by atoms with Crippen molar-refractivity contribution < 1.29 is 14.4 Å². The molecule has 0 saturated heterocycles. The van der Waals surface area contributed by atoms with E-state index < -0.39 is 4.92 Å². The maximum absolute atomic E-state index is 11.3. The number of nitro benzene ring substituents is 1. The highest BCUT2D eigenvalue weighted by molar-refractivity contribution is 6.31. The third kappa shape index (κ3) is 4.13. The summed E-state index contributed by atoms with van der Waals surface area (Å²) in [5, 5.41) is 11.6. The highest BCUT2D eigenvalue weighted by atomic mass is 35.5. The van der Waals surface area contributed by atoms with Crippen LogP contribution in [0.3, 0.4) is 0 Å². The van der Waals surface area contributed by atoms with E-state index in [0.29, 0.717) is 34.3 Å². The van der Waals surface area contributed by atoms with Crippen LogP contribution in [-0.2, 0) is 0 Å². The highest BCUT2D eigenvalue weighted by Gasteiger charge is 2.19. The second-order valence-corrected chi connectivity index (χ2v) is 5.42. The van der Waals surface area contributed by atoms with Crippen molar-refractivity contribution >= 4 is 17.3 Å². The Morgan fingerprint density at radius 1 is 1.17 bits per heavy atom. The Morgan fingerprint density at radius 3 is 2.57 bits per heavy atom. The van der Waals surface area contributed by atoms with Gasteiger partial charge in [-0.2, -0.15) is 0 Å². The molecule has 2 aromatic carbocycles. The van der Waals surface area contributed by atoms with Crippen LogP contribution in [0.2, 0.25) is 5.02 Å². The van der Waals surface area contributed by atoms with Gasteiger partial charge in [0.2, 0.25) is 0 Å². The van der Waals surface area contributed by atoms with E-state index in [0.717, 1.165) is 12.8 Å². The number of benzene rings is 2. The third-order valence-electron chi connectivity index (χ3n) is 3.39. The fourth-order valence-corrected chi connectivity index (χ4v) is 2.35. The molecule has 122 valence electrons. The average molecular weight is 336 g/mol. The van der Waals surface area contributed by atoms with Crippen LogP contribution in [0, 0.1) is 10.1 Å². The van der Waals surface area contributed by atoms with Crippen LogP contribution in [-0.4, -0.2) is 18.6 Å². The summed E-state index contributed by atoms with van der Waals surface area (Å²) in [6.07, 6.45) is 1.90. The minimum Gasteiger partial charge on any atom is -0.497 e. The number of hydrogen-bond donors (Lipinski definition) is 0. The summed E-state index contributed by atoms with van der Waals surface area (Å²) in [4.78, 5) is 10.9. The number of nitrogens with zero attached hydrogens (tertiary/aromatic N) is 1. The van der Waals surface area contributed by atoms with Crippen molar-refractivity contribution in [2.75, 3.05) is 13.7 Å². The predicted octanol–water partition coefficient (Wildman–Crippen LogP) is 5.10. The molecule has 0 atom stereocenters. The molecule has 0 amide bonds. The fraction of sp³-hybridized carbons (Fsp3) is 0.294. The molecule has 0 saturated carbocycles. The van der Waals surface area contributed by atoms with Gasteiger partial charge < -0.3 is 9.47 Å². The van der Waals surface area contributed by atoms with Crippen molar-refractivity contribution in [1.29, 1.82) is 0 Å². The van der Waals surface area contributed by atoms with E-state index in [-0.39, 0.29) is 5.69 Å². The van der Waals surface area contributed by atoms with E-state index in [9.17, 15) is 10.1 Å². The number of ether oxygens (including phenoxy) is 2. The van der Waals surface area contributed by atoms with Crippen LogP contribution in [0.15, 0.2) is 36.4 Å². The standard InChI is InChI=1S/C17H18ClNO4/c1-3-4-9-23-17-11-13(22-2)6-8-15(17)14-7-5-12(18)10-16(14)19(20)21/h5-8,10-11H,3-4,9H2,1-2H3. The van der Waals surface area contributed by atoms with E-state index in [2.05, 4.69) is 6.92 Å². The minimum atomic E-state index is -0.443. The van der Waals surface area contributed by atoms with Gasteiger partial charge in [0.05, 0.1) is 24.2 Å². The molecule has 5 nitrogen and oxygen atoms in total. The molecule has 0 fully saturated rings. The van der Waals surface area contributed by atoms with Crippen molar-refractivity contribution in [3.05, 3.63) is 51.5 Å². The Hall–Kier alpha value is -2.27. The van der Waals surface area contributed by atoms with Gasteiger partial charge in [-0.3, -0.25) is 10.1 Å². The molecular formula is C17H18ClNO4. The molecule has 2 rings (SSSR count). The summed E-state index contributed by atoms with van der Waals surface area (Å²) in [7, 11) is 1.57. The smallest absolute Gasteiger partial charge is 0.278 e. The van der Waals surface area contributed by atoms with Gasteiger partial charge >= 0.3 is 0 Å². The normalized spacial score (nSPS) is 10.4. The van der Waals surface area contributed by atoms with Gasteiger partial charge in [0.1, 0.15) is 11.5 Å². The Morgan fingerprint density at radius 2 is 1.91 bits per heavy atom. The second-order valence-electron chi connectivity index (χ2n) is 4.98. The van der Waals surface area contributed by atoms with Crippen molar-refractivity contribution in [1.82, 2.24) is 0 Å². The highest BCUT2D eigenvalue weighted by Crippen LogP contribution is 2.39. The van der Waals surface area contributed by atoms with Crippen LogP contribution in [0.4, 0.5) is 5.69 Å². The van der Waals surface area contributed by atoms with E-state index in [1.54, 1.807) is 37.4 Å². The SMILES string of the molecule is CCCCOc1cc(OC)ccc1-c1ccc(Cl)cc1[N+](=O)[O-]. The number of unbranched alkanes of at least 4 members (excludes halogenated alkanes) is 1. The third-order valence-corrected chi connectivity index (χ3v) is 3.63. The Kier molecular flexibility index (Phi) is 5.82. The summed E-state index contributed by atoms with van der Waals surface area (Å²) >= 11 is 5.88. The molecule has 0 heterocycles. The Bertz CT molecular complexity index is 703. The first-order valence-electron chi connectivity index (χ1n) is 7.32. The zero-order chi connectivity index (χ0) is 16.8. The maximum atomic E-state index is 11.3. The molecule has 0 unspecified atom stereocenters. The lowest BCUT2D eigenvalue weighted by Crippen LogP contribution is -2.00. The first kappa shape index (κ1) is 17.1. The quantitative estimate of drug-likeness (QED) is 0.401. The molecule has 0 spiro atoms. The monoisotopic (exact) mass is 335 g/mol. The van der Waals surface area contributed by atoms with Gasteiger partial charge in [-0.1, -0.05) is 24.9 Å². The van der Waals surface area contributed by atoms with E-state index in [1.807, 2.05) is 0 Å². The summed E-state index contributed by atoms with van der Waals surface area (Å²) in [6, 6.07) is 9.86. The van der Waals surface area contributed by atoms with E-state index >= 15 is 0 Å². The summed E-state index contributed by atoms with van der Waals surface area (Å²) in [5.74, 6) is 1.19. The number of halogens is 1. The maximum Gasteiger partial charge on any atom is 0.278 e. The molecule has 2 aromatic rings. The second kappa shape index (κ2) is 7.83. The molecule has 0 aliphatic carbocycles. The van der Waals surface area contributed by atoms with E-state index in [4.69, 9.17) is 21.1 Å². The van der Waals surface area contributed by atoms with Gasteiger partial charge in [0.15, 0.2) is 0 Å². The van der Waals surface area contributed by atoms with Crippen LogP contribution >= 0.6 is 11.6 Å². The zero-order valence-corrected chi connectivity index (χ0v) is 13.8. The lowest BCUT2D eigenvalue weighted by atomic mass is 10.0. The van der Waals surface area contributed by atoms with Crippen molar-refractivity contribution in [2.24, 2.45) is 0 Å². The van der Waals surface area contributed by atoms with E-state index in [1.165, 1.54) is 6.07 Å². The summed E-state index contributed by atoms with van der Waals surface area (Å²) in [6.45, 7) is 2.61. The molecule has 0 bridgehead atoms. The fourth-order valence-electron chi connectivity index (χ4n) is 2.18. The Balaban J connectivity index is 2.51. The Labute approximate surface area is 139 Å². The van der Waals surface area contributed by atoms with Gasteiger partial charge in [0, 0.05) is 22.7 Å². The van der Waals surface area contributed by atoms with Crippen LogP contribution in [0.5, 0.6) is 11.5 Å². The largest absolute Gasteiger partial charge is 0.497 e. The lowest BCUT2D eigenvalue weighted by molar-refractivity contribution is -0.384. The first-order chi connectivity index (χ1) is 11.1. The summed E-state index contributed by atoms with van der Waals surface area (Å²) < 4.78 is 11.0. The molecule has 0 N–H and O–H groups in total. The molecule has 0 radical (unpaired) electrons. The van der Waals surface area contributed by atoms with Gasteiger partial charge in [0.25, 0.3) is 5.69 Å². The van der Waals surface area contributed by atoms with Crippen LogP contribution in [0.1, 0.15) is 19.8 Å². The molecule has 23 heavy (non-hydrogen) atoms. The first-order valence-corrected chi connectivity index (χ1v) is 7.69. The van der Waals surface area contributed by atoms with Gasteiger partial charge in [-0.05, 0) is 30.7 Å². The van der Waals surface area contributed by atoms with Crippen LogP contribution < -0.4 is 9.47 Å². The average Bonchev–Trinajstić information content (AvgIpc) is 2.55. The molecule has 0 aliphatic heterocycles. The zero-order valence-electron chi connectivity index (χ0n) is 13.0. The molecule has 0 aromatic heterocycles. The van der Waals surface area contributed by atoms with Crippen molar-refractivity contribution in [3.8, 4) is 22.6 Å². The van der Waals surface area contributed by atoms with Gasteiger partial charge in [-0.25, -0.2) is 0 Å². The number of hydrogen-bond acceptors (Lipinski definition) is 4. The van der Waals surface area contributed by atoms with Crippen molar-refractivity contribution in [3.63, 3.8) is 0 Å². The number of rotatable bonds is 7. The minimum absolute atomic E-state index is 0.0528. The topological polar surface area (TPSA) is 61.6 Å². The molecule has 0 aliphatic rings. The van der Waals surface area contributed by atoms with Crippen molar-refractivity contribution in [2.45, 2.75) is 19.8 Å². The summed E-state index contributed by atoms with van der Waals surface area (Å²) in [5.41, 5.74) is 1.06. The number of methoxy groups -OCH3 is 1. The predicted molar refractivity (Wildman–Crippen MR) is 90.5 cm³/mol. The molecular weight excluding hydrogens is 318 g/mol.